The van der Waals surface area contributed by atoms with Gasteiger partial charge in [-0.1, -0.05) is 0 Å². The molecule has 0 saturated heterocycles. The fourth-order valence-corrected chi connectivity index (χ4v) is 0.725. The van der Waals surface area contributed by atoms with E-state index in [1.165, 1.54) is 0 Å². The van der Waals surface area contributed by atoms with Crippen molar-refractivity contribution >= 4 is 12.3 Å². The van der Waals surface area contributed by atoms with Crippen LogP contribution in [0.15, 0.2) is 0 Å². The summed E-state index contributed by atoms with van der Waals surface area (Å²) < 4.78 is 0. The molecule has 0 aliphatic heterocycles. The van der Waals surface area contributed by atoms with Crippen molar-refractivity contribution in [2.45, 2.75) is 19.3 Å². The highest BCUT2D eigenvalue weighted by atomic mass is 16.2. The maximum atomic E-state index is 10.6. The van der Waals surface area contributed by atoms with Crippen molar-refractivity contribution in [3.8, 4) is 0 Å². The van der Waals surface area contributed by atoms with Gasteiger partial charge >= 0.3 is 0 Å². The Morgan fingerprint density at radius 2 is 2.18 bits per heavy atom. The van der Waals surface area contributed by atoms with E-state index >= 15 is 0 Å². The zero-order valence-corrected chi connectivity index (χ0v) is 6.72. The predicted octanol–water partition coefficient (Wildman–Crippen LogP) is -0.351. The molecule has 0 aromatic heterocycles. The predicted molar refractivity (Wildman–Crippen MR) is 42.0 cm³/mol. The van der Waals surface area contributed by atoms with Crippen LogP contribution < -0.4 is 10.6 Å². The monoisotopic (exact) mass is 158 g/mol. The van der Waals surface area contributed by atoms with Gasteiger partial charge in [0.2, 0.25) is 12.3 Å². The Morgan fingerprint density at radius 3 is 2.73 bits per heavy atom. The maximum Gasteiger partial charge on any atom is 0.226 e. The van der Waals surface area contributed by atoms with Gasteiger partial charge in [0.25, 0.3) is 0 Å². The van der Waals surface area contributed by atoms with Gasteiger partial charge in [-0.25, -0.2) is 0 Å². The second-order valence-corrected chi connectivity index (χ2v) is 2.25. The van der Waals surface area contributed by atoms with E-state index in [2.05, 4.69) is 10.6 Å². The van der Waals surface area contributed by atoms with E-state index in [-0.39, 0.29) is 5.91 Å². The van der Waals surface area contributed by atoms with Gasteiger partial charge in [-0.05, 0) is 26.4 Å². The molecule has 0 aromatic rings. The summed E-state index contributed by atoms with van der Waals surface area (Å²) in [6.07, 6.45) is 2.63. The lowest BCUT2D eigenvalue weighted by molar-refractivity contribution is -0.125. The summed E-state index contributed by atoms with van der Waals surface area (Å²) in [4.78, 5) is 20.4. The van der Waals surface area contributed by atoms with E-state index < -0.39 is 0 Å². The number of hydrogen-bond acceptors (Lipinski definition) is 3. The molecule has 0 atom stereocenters. The third kappa shape index (κ3) is 6.99. The summed E-state index contributed by atoms with van der Waals surface area (Å²) in [5.41, 5.74) is 0. The minimum atomic E-state index is -0.198. The minimum absolute atomic E-state index is 0.198. The third-order valence-corrected chi connectivity index (χ3v) is 1.30. The van der Waals surface area contributed by atoms with Crippen LogP contribution in [-0.2, 0) is 9.59 Å². The number of rotatable bonds is 6. The maximum absolute atomic E-state index is 10.6. The molecule has 4 heteroatoms. The molecule has 0 bridgehead atoms. The number of nitrogens with one attached hydrogen (secondary N) is 2. The van der Waals surface area contributed by atoms with Gasteiger partial charge in [0.15, 0.2) is 0 Å². The summed E-state index contributed by atoms with van der Waals surface area (Å²) >= 11 is 0. The Hall–Kier alpha value is -0.900. The molecule has 0 spiro atoms. The molecule has 0 fully saturated rings. The second kappa shape index (κ2) is 7.21. The number of carbonyl (C=O) groups excluding carboxylic acids is 2. The minimum Gasteiger partial charge on any atom is -0.320 e. The lowest BCUT2D eigenvalue weighted by atomic mass is 10.2. The topological polar surface area (TPSA) is 58.2 Å². The number of unbranched alkanes of at least 4 members (excludes halogenated alkanes) is 1. The molecule has 0 aliphatic carbocycles. The van der Waals surface area contributed by atoms with Crippen LogP contribution in [0.2, 0.25) is 0 Å². The van der Waals surface area contributed by atoms with E-state index in [9.17, 15) is 9.59 Å². The third-order valence-electron chi connectivity index (χ3n) is 1.30. The molecular formula is C7H14N2O2. The van der Waals surface area contributed by atoms with Gasteiger partial charge in [0, 0.05) is 6.42 Å². The molecule has 0 aliphatic rings. The van der Waals surface area contributed by atoms with Crippen LogP contribution >= 0.6 is 0 Å². The average molecular weight is 158 g/mol. The van der Waals surface area contributed by atoms with Gasteiger partial charge in [-0.2, -0.15) is 0 Å². The number of imide groups is 1. The summed E-state index contributed by atoms with van der Waals surface area (Å²) in [7, 11) is 1.87. The molecule has 64 valence electrons. The van der Waals surface area contributed by atoms with Crippen molar-refractivity contribution in [1.29, 1.82) is 0 Å². The number of amides is 2. The molecule has 11 heavy (non-hydrogen) atoms. The highest BCUT2D eigenvalue weighted by Crippen LogP contribution is 1.92. The van der Waals surface area contributed by atoms with Crippen molar-refractivity contribution in [1.82, 2.24) is 10.6 Å². The fraction of sp³-hybridized carbons (Fsp3) is 0.714. The molecule has 2 amide bonds. The average Bonchev–Trinajstić information content (AvgIpc) is 1.99. The van der Waals surface area contributed by atoms with E-state index in [4.69, 9.17) is 0 Å². The van der Waals surface area contributed by atoms with Gasteiger partial charge in [-0.15, -0.1) is 0 Å². The van der Waals surface area contributed by atoms with Gasteiger partial charge in [-0.3, -0.25) is 14.9 Å². The Morgan fingerprint density at radius 1 is 1.45 bits per heavy atom. The van der Waals surface area contributed by atoms with Crippen LogP contribution in [-0.4, -0.2) is 25.9 Å². The van der Waals surface area contributed by atoms with Crippen LogP contribution in [0.5, 0.6) is 0 Å². The van der Waals surface area contributed by atoms with Crippen molar-refractivity contribution in [3.63, 3.8) is 0 Å². The van der Waals surface area contributed by atoms with Crippen molar-refractivity contribution in [2.75, 3.05) is 13.6 Å². The van der Waals surface area contributed by atoms with E-state index in [1.54, 1.807) is 0 Å². The van der Waals surface area contributed by atoms with E-state index in [0.29, 0.717) is 12.8 Å². The normalized spacial score (nSPS) is 9.18. The first-order valence-corrected chi connectivity index (χ1v) is 3.69. The van der Waals surface area contributed by atoms with Gasteiger partial charge < -0.3 is 5.32 Å². The number of hydrogen-bond donors (Lipinski definition) is 2. The summed E-state index contributed by atoms with van der Waals surface area (Å²) in [5, 5.41) is 5.05. The molecule has 4 nitrogen and oxygen atoms in total. The molecule has 0 heterocycles. The van der Waals surface area contributed by atoms with Crippen molar-refractivity contribution < 1.29 is 9.59 Å². The van der Waals surface area contributed by atoms with Gasteiger partial charge in [0.1, 0.15) is 0 Å². The zero-order valence-electron chi connectivity index (χ0n) is 6.72. The Balaban J connectivity index is 3.10. The highest BCUT2D eigenvalue weighted by molar-refractivity contribution is 5.85. The van der Waals surface area contributed by atoms with Crippen molar-refractivity contribution in [3.05, 3.63) is 0 Å². The summed E-state index contributed by atoms with van der Waals surface area (Å²) in [5.74, 6) is -0.198. The van der Waals surface area contributed by atoms with Crippen molar-refractivity contribution in [2.24, 2.45) is 0 Å². The quantitative estimate of drug-likeness (QED) is 0.410. The van der Waals surface area contributed by atoms with E-state index in [0.717, 1.165) is 19.4 Å². The lowest BCUT2D eigenvalue weighted by Gasteiger charge is -1.98. The fourth-order valence-electron chi connectivity index (χ4n) is 0.725. The van der Waals surface area contributed by atoms with Crippen LogP contribution in [0.4, 0.5) is 0 Å². The van der Waals surface area contributed by atoms with Gasteiger partial charge in [0.05, 0.1) is 0 Å². The molecule has 0 aromatic carbocycles. The smallest absolute Gasteiger partial charge is 0.226 e. The Bertz CT molecular complexity index is 126. The lowest BCUT2D eigenvalue weighted by Crippen LogP contribution is -2.21. The molecule has 0 radical (unpaired) electrons. The standard InChI is InChI=1S/C7H14N2O2/c1-8-5-3-2-4-7(11)9-6-10/h6,8H,2-5H2,1H3,(H,9,10,11). The van der Waals surface area contributed by atoms with E-state index in [1.807, 2.05) is 7.05 Å². The first kappa shape index (κ1) is 10.1. The molecule has 0 unspecified atom stereocenters. The summed E-state index contributed by atoms with van der Waals surface area (Å²) in [6, 6.07) is 0. The molecule has 2 N–H and O–H groups in total. The van der Waals surface area contributed by atoms with Crippen LogP contribution in [0, 0.1) is 0 Å². The van der Waals surface area contributed by atoms with Crippen LogP contribution in [0.1, 0.15) is 19.3 Å². The molecular weight excluding hydrogens is 144 g/mol. The largest absolute Gasteiger partial charge is 0.320 e. The van der Waals surface area contributed by atoms with Crippen LogP contribution in [0.25, 0.3) is 0 Å². The Labute approximate surface area is 66.4 Å². The highest BCUT2D eigenvalue weighted by Gasteiger charge is 1.97. The molecule has 0 rings (SSSR count). The summed E-state index contributed by atoms with van der Waals surface area (Å²) in [6.45, 7) is 0.911. The zero-order chi connectivity index (χ0) is 8.53. The number of carbonyl (C=O) groups is 2. The second-order valence-electron chi connectivity index (χ2n) is 2.25. The van der Waals surface area contributed by atoms with Crippen LogP contribution in [0.3, 0.4) is 0 Å². The molecule has 0 saturated carbocycles. The Kier molecular flexibility index (Phi) is 6.62. The SMILES string of the molecule is CNCCCCC(=O)NC=O. The first-order valence-electron chi connectivity index (χ1n) is 3.69. The first-order chi connectivity index (χ1) is 5.31.